The lowest BCUT2D eigenvalue weighted by atomic mass is 9.90. The molecule has 2 unspecified atom stereocenters. The summed E-state index contributed by atoms with van der Waals surface area (Å²) in [6.07, 6.45) is 13.8. The van der Waals surface area contributed by atoms with Crippen LogP contribution in [0.3, 0.4) is 0 Å². The molecular formula is C35H44N8O3. The van der Waals surface area contributed by atoms with Crippen LogP contribution in [0.4, 0.5) is 0 Å². The molecule has 2 saturated heterocycles. The molecule has 11 nitrogen and oxygen atoms in total. The molecule has 1 aromatic carbocycles. The van der Waals surface area contributed by atoms with Crippen molar-refractivity contribution in [3.63, 3.8) is 0 Å². The van der Waals surface area contributed by atoms with E-state index in [-0.39, 0.29) is 18.0 Å². The summed E-state index contributed by atoms with van der Waals surface area (Å²) in [7, 11) is 1.74. The number of benzene rings is 1. The summed E-state index contributed by atoms with van der Waals surface area (Å²) in [5.74, 6) is 1.02. The Balaban J connectivity index is 0.847. The fourth-order valence-corrected chi connectivity index (χ4v) is 7.87. The maximum absolute atomic E-state index is 13.0. The molecule has 3 fully saturated rings. The molecule has 7 rings (SSSR count). The molecule has 0 spiro atoms. The highest BCUT2D eigenvalue weighted by molar-refractivity contribution is 6.00. The maximum Gasteiger partial charge on any atom is 0.329 e. The van der Waals surface area contributed by atoms with Crippen molar-refractivity contribution in [2.75, 3.05) is 6.54 Å². The molecule has 242 valence electrons. The molecule has 3 aromatic heterocycles. The van der Waals surface area contributed by atoms with Gasteiger partial charge in [0.25, 0.3) is 0 Å². The molecule has 2 N–H and O–H groups in total. The third kappa shape index (κ3) is 6.56. The monoisotopic (exact) mass is 624 g/mol. The van der Waals surface area contributed by atoms with Crippen molar-refractivity contribution in [1.29, 1.82) is 0 Å². The Labute approximate surface area is 268 Å². The zero-order valence-corrected chi connectivity index (χ0v) is 26.7. The summed E-state index contributed by atoms with van der Waals surface area (Å²) in [6.45, 7) is 1.84. The number of hydrogen-bond donors (Lipinski definition) is 2. The van der Waals surface area contributed by atoms with Crippen LogP contribution in [0.15, 0.2) is 47.4 Å². The van der Waals surface area contributed by atoms with Crippen LogP contribution >= 0.6 is 0 Å². The number of fused-ring (bicyclic) bond motifs is 3. The molecule has 2 aliphatic heterocycles. The minimum Gasteiger partial charge on any atom is -0.314 e. The van der Waals surface area contributed by atoms with Crippen molar-refractivity contribution >= 4 is 22.8 Å². The van der Waals surface area contributed by atoms with Crippen LogP contribution < -0.4 is 16.3 Å². The second-order valence-corrected chi connectivity index (χ2v) is 13.6. The van der Waals surface area contributed by atoms with Crippen LogP contribution in [-0.4, -0.2) is 53.5 Å². The lowest BCUT2D eigenvalue weighted by molar-refractivity contribution is -0.135. The highest BCUT2D eigenvalue weighted by Gasteiger charge is 2.38. The van der Waals surface area contributed by atoms with Crippen molar-refractivity contribution < 1.29 is 9.59 Å². The molecule has 46 heavy (non-hydrogen) atoms. The van der Waals surface area contributed by atoms with Gasteiger partial charge < -0.3 is 5.32 Å². The molecule has 3 aliphatic rings. The normalized spacial score (nSPS) is 22.6. The van der Waals surface area contributed by atoms with E-state index < -0.39 is 11.9 Å². The molecule has 1 aliphatic carbocycles. The van der Waals surface area contributed by atoms with Crippen molar-refractivity contribution in [3.05, 3.63) is 75.7 Å². The van der Waals surface area contributed by atoms with Gasteiger partial charge >= 0.3 is 5.69 Å². The Morgan fingerprint density at radius 3 is 2.57 bits per heavy atom. The van der Waals surface area contributed by atoms with E-state index in [9.17, 15) is 14.4 Å². The minimum atomic E-state index is -0.659. The lowest BCUT2D eigenvalue weighted by Gasteiger charge is -2.22. The Morgan fingerprint density at radius 1 is 0.913 bits per heavy atom. The number of aryl methyl sites for hydroxylation is 4. The average Bonchev–Trinajstić information content (AvgIpc) is 3.84. The molecule has 4 atom stereocenters. The largest absolute Gasteiger partial charge is 0.329 e. The fraction of sp³-hybridized carbons (Fsp3) is 0.543. The third-order valence-corrected chi connectivity index (χ3v) is 10.4. The number of imidazole rings is 1. The quantitative estimate of drug-likeness (QED) is 0.172. The van der Waals surface area contributed by atoms with E-state index >= 15 is 0 Å². The van der Waals surface area contributed by atoms with E-state index in [0.29, 0.717) is 13.0 Å². The number of aromatic nitrogens is 6. The van der Waals surface area contributed by atoms with Crippen LogP contribution in [0.5, 0.6) is 0 Å². The summed E-state index contributed by atoms with van der Waals surface area (Å²) in [6, 6.07) is 12.5. The summed E-state index contributed by atoms with van der Waals surface area (Å²) in [5, 5.41) is 14.7. The van der Waals surface area contributed by atoms with Gasteiger partial charge in [0.2, 0.25) is 11.8 Å². The zero-order valence-electron chi connectivity index (χ0n) is 26.7. The van der Waals surface area contributed by atoms with Crippen LogP contribution in [0.2, 0.25) is 0 Å². The number of carbonyl (C=O) groups is 2. The Hall–Kier alpha value is -4.12. The fourth-order valence-electron chi connectivity index (χ4n) is 7.87. The van der Waals surface area contributed by atoms with Gasteiger partial charge in [0.15, 0.2) is 0 Å². The van der Waals surface area contributed by atoms with E-state index in [1.807, 2.05) is 16.8 Å². The Kier molecular flexibility index (Phi) is 8.84. The van der Waals surface area contributed by atoms with Crippen molar-refractivity contribution in [2.24, 2.45) is 18.9 Å². The zero-order chi connectivity index (χ0) is 31.6. The topological polar surface area (TPSA) is 129 Å². The summed E-state index contributed by atoms with van der Waals surface area (Å²) in [5.41, 5.74) is 5.72. The Morgan fingerprint density at radius 2 is 1.76 bits per heavy atom. The second kappa shape index (κ2) is 13.3. The Bertz CT molecular complexity index is 1790. The molecule has 5 heterocycles. The van der Waals surface area contributed by atoms with Gasteiger partial charge in [0.1, 0.15) is 6.04 Å². The maximum atomic E-state index is 13.0. The second-order valence-electron chi connectivity index (χ2n) is 13.6. The van der Waals surface area contributed by atoms with E-state index in [1.165, 1.54) is 41.6 Å². The van der Waals surface area contributed by atoms with E-state index in [1.54, 1.807) is 11.6 Å². The SMILES string of the molecule is Cn1c(=O)n(C2CCC(=O)NC2=O)c2ccc(CCCCCCc3cn(Cc4cccc(CCC5C[C@H]6C[C@@H]5CN6)n4)nn3)cc21. The van der Waals surface area contributed by atoms with Crippen molar-refractivity contribution in [2.45, 2.75) is 95.7 Å². The number of nitrogens with zero attached hydrogens (tertiary/aromatic N) is 6. The average molecular weight is 625 g/mol. The van der Waals surface area contributed by atoms with Crippen molar-refractivity contribution in [1.82, 2.24) is 39.7 Å². The number of unbranched alkanes of at least 4 members (excludes halogenated alkanes) is 3. The van der Waals surface area contributed by atoms with Crippen LogP contribution in [0.25, 0.3) is 11.0 Å². The third-order valence-electron chi connectivity index (χ3n) is 10.4. The van der Waals surface area contributed by atoms with Gasteiger partial charge in [-0.25, -0.2) is 9.48 Å². The summed E-state index contributed by atoms with van der Waals surface area (Å²) in [4.78, 5) is 42.0. The molecular weight excluding hydrogens is 580 g/mol. The molecule has 2 amide bonds. The minimum absolute atomic E-state index is 0.234. The van der Waals surface area contributed by atoms with E-state index in [0.717, 1.165) is 85.2 Å². The molecule has 4 aromatic rings. The highest BCUT2D eigenvalue weighted by Crippen LogP contribution is 2.39. The van der Waals surface area contributed by atoms with Gasteiger partial charge in [-0.15, -0.1) is 5.10 Å². The first kappa shape index (κ1) is 30.5. The van der Waals surface area contributed by atoms with Gasteiger partial charge in [-0.1, -0.05) is 30.2 Å². The number of imide groups is 1. The van der Waals surface area contributed by atoms with Gasteiger partial charge in [-0.2, -0.15) is 0 Å². The van der Waals surface area contributed by atoms with Gasteiger partial charge in [-0.05, 0) is 106 Å². The van der Waals surface area contributed by atoms with Crippen molar-refractivity contribution in [3.8, 4) is 0 Å². The number of carbonyl (C=O) groups excluding carboxylic acids is 2. The standard InChI is InChI=1S/C35H44N8O3/c1-41-32-17-23(11-14-30(32)43(35(41)46)31-15-16-33(44)38-34(31)45)7-4-2-3-5-8-28-22-42(40-39-28)21-27-10-6-9-26(37-27)13-12-24-18-29-19-25(24)20-36-29/h6,9-11,14,17,22,24-25,29,31,36H,2-5,7-8,12-13,15-16,18-21H2,1H3,(H,38,44,45)/t24?,25-,29+,31?/m1/s1. The lowest BCUT2D eigenvalue weighted by Crippen LogP contribution is -2.44. The van der Waals surface area contributed by atoms with Crippen LogP contribution in [0, 0.1) is 11.8 Å². The number of hydrogen-bond acceptors (Lipinski definition) is 7. The van der Waals surface area contributed by atoms with E-state index in [2.05, 4.69) is 51.4 Å². The van der Waals surface area contributed by atoms with Gasteiger partial charge in [0.05, 0.1) is 29.0 Å². The first-order valence-electron chi connectivity index (χ1n) is 17.0. The summed E-state index contributed by atoms with van der Waals surface area (Å²) >= 11 is 0. The molecule has 0 radical (unpaired) electrons. The number of nitrogens with one attached hydrogen (secondary N) is 2. The smallest absolute Gasteiger partial charge is 0.314 e. The van der Waals surface area contributed by atoms with Crippen LogP contribution in [0.1, 0.15) is 86.5 Å². The van der Waals surface area contributed by atoms with Crippen LogP contribution in [-0.2, 0) is 42.4 Å². The molecule has 2 bridgehead atoms. The van der Waals surface area contributed by atoms with Gasteiger partial charge in [-0.3, -0.25) is 29.0 Å². The van der Waals surface area contributed by atoms with Gasteiger partial charge in [0, 0.05) is 31.4 Å². The molecule has 1 saturated carbocycles. The summed E-state index contributed by atoms with van der Waals surface area (Å²) < 4.78 is 5.03. The predicted octanol–water partition coefficient (Wildman–Crippen LogP) is 3.63. The predicted molar refractivity (Wildman–Crippen MR) is 174 cm³/mol. The van der Waals surface area contributed by atoms with E-state index in [4.69, 9.17) is 4.98 Å². The number of amides is 2. The molecule has 11 heteroatoms. The number of rotatable bonds is 13. The number of piperidine rings is 2. The highest BCUT2D eigenvalue weighted by atomic mass is 16.2. The first-order chi connectivity index (χ1) is 22.4. The first-order valence-corrected chi connectivity index (χ1v) is 17.0. The number of pyridine rings is 1.